The van der Waals surface area contributed by atoms with E-state index in [1.54, 1.807) is 13.3 Å². The lowest BCUT2D eigenvalue weighted by Gasteiger charge is -2.17. The van der Waals surface area contributed by atoms with Crippen LogP contribution in [-0.4, -0.2) is 42.4 Å². The molecule has 0 bridgehead atoms. The Morgan fingerprint density at radius 3 is 2.62 bits per heavy atom. The van der Waals surface area contributed by atoms with Gasteiger partial charge in [0.2, 0.25) is 0 Å². The van der Waals surface area contributed by atoms with Crippen LogP contribution in [-0.2, 0) is 6.54 Å². The van der Waals surface area contributed by atoms with Crippen molar-refractivity contribution in [1.29, 1.82) is 0 Å². The van der Waals surface area contributed by atoms with E-state index in [0.29, 0.717) is 0 Å². The fraction of sp³-hybridized carbons (Fsp3) is 0.812. The maximum absolute atomic E-state index is 6.38. The molecule has 0 aliphatic rings. The predicted octanol–water partition coefficient (Wildman–Crippen LogP) is 2.81. The molecule has 0 aliphatic heterocycles. The van der Waals surface area contributed by atoms with Crippen LogP contribution >= 0.6 is 0 Å². The van der Waals surface area contributed by atoms with Crippen LogP contribution in [0, 0.1) is 0 Å². The lowest BCUT2D eigenvalue weighted by atomic mass is 10.0. The van der Waals surface area contributed by atoms with Crippen LogP contribution in [0.1, 0.15) is 57.2 Å². The van der Waals surface area contributed by atoms with Gasteiger partial charge in [0, 0.05) is 6.54 Å². The van der Waals surface area contributed by atoms with Crippen molar-refractivity contribution < 1.29 is 4.74 Å². The normalized spacial score (nSPS) is 12.9. The molecule has 1 heterocycles. The van der Waals surface area contributed by atoms with E-state index in [9.17, 15) is 0 Å². The summed E-state index contributed by atoms with van der Waals surface area (Å²) in [6.45, 7) is 4.02. The lowest BCUT2D eigenvalue weighted by molar-refractivity contribution is 0.358. The molecule has 1 unspecified atom stereocenters. The molecule has 0 fully saturated rings. The van der Waals surface area contributed by atoms with Crippen LogP contribution in [0.4, 0.5) is 0 Å². The van der Waals surface area contributed by atoms with Gasteiger partial charge in [0.25, 0.3) is 0 Å². The Kier molecular flexibility index (Phi) is 8.38. The number of rotatable bonds is 11. The van der Waals surface area contributed by atoms with E-state index in [0.717, 1.165) is 31.0 Å². The van der Waals surface area contributed by atoms with Gasteiger partial charge in [-0.1, -0.05) is 39.0 Å². The number of methoxy groups -OCH3 is 1. The summed E-state index contributed by atoms with van der Waals surface area (Å²) in [5.41, 5.74) is 7.42. The second kappa shape index (κ2) is 9.79. The minimum absolute atomic E-state index is 0.00578. The van der Waals surface area contributed by atoms with Crippen LogP contribution in [0.25, 0.3) is 0 Å². The highest BCUT2D eigenvalue weighted by Gasteiger charge is 2.18. The first-order valence-electron chi connectivity index (χ1n) is 8.10. The lowest BCUT2D eigenvalue weighted by Crippen LogP contribution is -2.23. The molecule has 1 rings (SSSR count). The van der Waals surface area contributed by atoms with Gasteiger partial charge in [-0.15, -0.1) is 0 Å². The van der Waals surface area contributed by atoms with Gasteiger partial charge in [0.15, 0.2) is 5.75 Å². The predicted molar refractivity (Wildman–Crippen MR) is 87.6 cm³/mol. The minimum Gasteiger partial charge on any atom is -0.493 e. The molecule has 1 aromatic rings. The molecule has 0 aliphatic carbocycles. The van der Waals surface area contributed by atoms with Crippen LogP contribution < -0.4 is 10.5 Å². The summed E-state index contributed by atoms with van der Waals surface area (Å²) < 4.78 is 7.42. The summed E-state index contributed by atoms with van der Waals surface area (Å²) in [6, 6.07) is 0.00578. The Morgan fingerprint density at radius 1 is 1.29 bits per heavy atom. The summed E-state index contributed by atoms with van der Waals surface area (Å²) in [6.07, 6.45) is 9.10. The Bertz CT molecular complexity index is 390. The van der Waals surface area contributed by atoms with Crippen molar-refractivity contribution in [2.45, 2.75) is 58.0 Å². The number of nitrogens with zero attached hydrogens (tertiary/aromatic N) is 3. The number of nitrogens with two attached hydrogens (primary N) is 1. The van der Waals surface area contributed by atoms with E-state index in [1.165, 1.54) is 32.1 Å². The smallest absolute Gasteiger partial charge is 0.161 e. The summed E-state index contributed by atoms with van der Waals surface area (Å²) in [7, 11) is 5.81. The molecule has 0 amide bonds. The van der Waals surface area contributed by atoms with Crippen LogP contribution in [0.2, 0.25) is 0 Å². The van der Waals surface area contributed by atoms with Crippen molar-refractivity contribution in [3.63, 3.8) is 0 Å². The third-order valence-corrected chi connectivity index (χ3v) is 3.79. The zero-order chi connectivity index (χ0) is 15.7. The summed E-state index contributed by atoms with van der Waals surface area (Å²) in [4.78, 5) is 2.15. The largest absolute Gasteiger partial charge is 0.493 e. The number of likely N-dealkylation sites (N-methyl/N-ethyl adjacent to an activating group) is 1. The van der Waals surface area contributed by atoms with Gasteiger partial charge in [-0.3, -0.25) is 4.68 Å². The Morgan fingerprint density at radius 2 is 2.00 bits per heavy atom. The molecule has 1 aromatic heterocycles. The van der Waals surface area contributed by atoms with Crippen molar-refractivity contribution in [3.8, 4) is 5.75 Å². The summed E-state index contributed by atoms with van der Waals surface area (Å²) in [5, 5.41) is 4.42. The zero-order valence-electron chi connectivity index (χ0n) is 14.1. The molecule has 0 saturated carbocycles. The summed E-state index contributed by atoms with van der Waals surface area (Å²) in [5.74, 6) is 0.815. The molecular weight excluding hydrogens is 264 g/mol. The monoisotopic (exact) mass is 296 g/mol. The zero-order valence-corrected chi connectivity index (χ0v) is 14.1. The van der Waals surface area contributed by atoms with Crippen molar-refractivity contribution in [1.82, 2.24) is 14.7 Å². The molecule has 5 heteroatoms. The third-order valence-electron chi connectivity index (χ3n) is 3.79. The highest BCUT2D eigenvalue weighted by molar-refractivity contribution is 5.28. The SMILES string of the molecule is CCCCCCCC(N)c1c(OC)cnn1CCN(C)C. The molecule has 0 saturated heterocycles. The van der Waals surface area contributed by atoms with Gasteiger partial charge in [-0.05, 0) is 20.5 Å². The molecule has 0 aromatic carbocycles. The standard InChI is InChI=1S/C16H32N4O/c1-5-6-7-8-9-10-14(17)16-15(21-4)13-18-20(16)12-11-19(2)3/h13-14H,5-12,17H2,1-4H3. The summed E-state index contributed by atoms with van der Waals surface area (Å²) >= 11 is 0. The first-order valence-corrected chi connectivity index (χ1v) is 8.10. The maximum atomic E-state index is 6.38. The van der Waals surface area contributed by atoms with Crippen LogP contribution in [0.5, 0.6) is 5.75 Å². The second-order valence-corrected chi connectivity index (χ2v) is 5.93. The van der Waals surface area contributed by atoms with Gasteiger partial charge < -0.3 is 15.4 Å². The Balaban J connectivity index is 2.58. The fourth-order valence-electron chi connectivity index (χ4n) is 2.49. The average molecular weight is 296 g/mol. The van der Waals surface area contributed by atoms with Crippen molar-refractivity contribution in [2.75, 3.05) is 27.7 Å². The van der Waals surface area contributed by atoms with Crippen molar-refractivity contribution in [2.24, 2.45) is 5.73 Å². The molecule has 122 valence electrons. The quantitative estimate of drug-likeness (QED) is 0.638. The molecule has 2 N–H and O–H groups in total. The minimum atomic E-state index is 0.00578. The van der Waals surface area contributed by atoms with Gasteiger partial charge in [-0.2, -0.15) is 5.10 Å². The van der Waals surface area contributed by atoms with E-state index in [4.69, 9.17) is 10.5 Å². The average Bonchev–Trinajstić information content (AvgIpc) is 2.87. The Hall–Kier alpha value is -1.07. The van der Waals surface area contributed by atoms with E-state index in [-0.39, 0.29) is 6.04 Å². The first kappa shape index (κ1) is 18.0. The maximum Gasteiger partial charge on any atom is 0.161 e. The van der Waals surface area contributed by atoms with Crippen molar-refractivity contribution >= 4 is 0 Å². The molecule has 21 heavy (non-hydrogen) atoms. The number of unbranched alkanes of at least 4 members (excludes halogenated alkanes) is 4. The highest BCUT2D eigenvalue weighted by Crippen LogP contribution is 2.27. The van der Waals surface area contributed by atoms with Gasteiger partial charge in [0.05, 0.1) is 31.6 Å². The van der Waals surface area contributed by atoms with Crippen LogP contribution in [0.15, 0.2) is 6.20 Å². The molecule has 0 spiro atoms. The van der Waals surface area contributed by atoms with E-state index in [2.05, 4.69) is 31.0 Å². The molecule has 5 nitrogen and oxygen atoms in total. The fourth-order valence-corrected chi connectivity index (χ4v) is 2.49. The second-order valence-electron chi connectivity index (χ2n) is 5.93. The van der Waals surface area contributed by atoms with Crippen molar-refractivity contribution in [3.05, 3.63) is 11.9 Å². The van der Waals surface area contributed by atoms with E-state index in [1.807, 2.05) is 4.68 Å². The topological polar surface area (TPSA) is 56.3 Å². The van der Waals surface area contributed by atoms with Gasteiger partial charge >= 0.3 is 0 Å². The number of ether oxygens (including phenoxy) is 1. The number of aromatic nitrogens is 2. The third kappa shape index (κ3) is 6.06. The Labute approximate surface area is 129 Å². The van der Waals surface area contributed by atoms with Gasteiger partial charge in [0.1, 0.15) is 0 Å². The van der Waals surface area contributed by atoms with E-state index < -0.39 is 0 Å². The number of hydrogen-bond donors (Lipinski definition) is 1. The van der Waals surface area contributed by atoms with E-state index >= 15 is 0 Å². The molecular formula is C16H32N4O. The highest BCUT2D eigenvalue weighted by atomic mass is 16.5. The van der Waals surface area contributed by atoms with Crippen LogP contribution in [0.3, 0.4) is 0 Å². The molecule has 0 radical (unpaired) electrons. The molecule has 1 atom stereocenters. The number of hydrogen-bond acceptors (Lipinski definition) is 4. The first-order chi connectivity index (χ1) is 10.1. The van der Waals surface area contributed by atoms with Gasteiger partial charge in [-0.25, -0.2) is 0 Å².